The number of anilines is 1. The van der Waals surface area contributed by atoms with Crippen molar-refractivity contribution in [3.05, 3.63) is 62.0 Å². The Morgan fingerprint density at radius 3 is 2.63 bits per heavy atom. The topological polar surface area (TPSA) is 35.8 Å². The van der Waals surface area contributed by atoms with Crippen LogP contribution in [0.15, 0.2) is 45.3 Å². The van der Waals surface area contributed by atoms with Gasteiger partial charge in [-0.05, 0) is 64.3 Å². The van der Waals surface area contributed by atoms with Crippen LogP contribution in [-0.2, 0) is 6.54 Å². The highest BCUT2D eigenvalue weighted by molar-refractivity contribution is 9.11. The van der Waals surface area contributed by atoms with E-state index in [0.29, 0.717) is 5.56 Å². The molecular formula is C15H12Br2N2. The molecule has 4 heteroatoms. The van der Waals surface area contributed by atoms with Crippen molar-refractivity contribution in [3.8, 4) is 6.07 Å². The molecule has 2 rings (SSSR count). The fraction of sp³-hybridized carbons (Fsp3) is 0.133. The lowest BCUT2D eigenvalue weighted by molar-refractivity contribution is 1.11. The van der Waals surface area contributed by atoms with Crippen LogP contribution in [0.2, 0.25) is 0 Å². The van der Waals surface area contributed by atoms with Crippen LogP contribution in [0.5, 0.6) is 0 Å². The van der Waals surface area contributed by atoms with E-state index >= 15 is 0 Å². The molecule has 19 heavy (non-hydrogen) atoms. The molecule has 0 bridgehead atoms. The predicted molar refractivity (Wildman–Crippen MR) is 85.1 cm³/mol. The van der Waals surface area contributed by atoms with Gasteiger partial charge in [0, 0.05) is 21.2 Å². The van der Waals surface area contributed by atoms with Crippen LogP contribution in [0, 0.1) is 18.3 Å². The summed E-state index contributed by atoms with van der Waals surface area (Å²) in [6, 6.07) is 13.9. The number of nitriles is 1. The van der Waals surface area contributed by atoms with Crippen molar-refractivity contribution in [1.29, 1.82) is 5.26 Å². The van der Waals surface area contributed by atoms with E-state index in [4.69, 9.17) is 5.26 Å². The van der Waals surface area contributed by atoms with Gasteiger partial charge in [-0.15, -0.1) is 0 Å². The number of aryl methyl sites for hydroxylation is 1. The molecule has 0 aliphatic carbocycles. The lowest BCUT2D eigenvalue weighted by Gasteiger charge is -2.11. The van der Waals surface area contributed by atoms with Gasteiger partial charge in [-0.3, -0.25) is 0 Å². The molecule has 1 N–H and O–H groups in total. The van der Waals surface area contributed by atoms with Gasteiger partial charge in [0.15, 0.2) is 0 Å². The fourth-order valence-corrected chi connectivity index (χ4v) is 2.54. The first kappa shape index (κ1) is 14.1. The molecule has 96 valence electrons. The van der Waals surface area contributed by atoms with Crippen LogP contribution in [0.1, 0.15) is 16.7 Å². The van der Waals surface area contributed by atoms with Gasteiger partial charge in [0.25, 0.3) is 0 Å². The molecule has 0 unspecified atom stereocenters. The van der Waals surface area contributed by atoms with Gasteiger partial charge in [0.1, 0.15) is 0 Å². The molecule has 0 radical (unpaired) electrons. The minimum absolute atomic E-state index is 0.699. The van der Waals surface area contributed by atoms with Crippen molar-refractivity contribution >= 4 is 37.5 Å². The summed E-state index contributed by atoms with van der Waals surface area (Å²) in [5.74, 6) is 0. The predicted octanol–water partition coefficient (Wildman–Crippen LogP) is 5.00. The Morgan fingerprint density at radius 1 is 1.16 bits per heavy atom. The second-order valence-corrected chi connectivity index (χ2v) is 6.00. The van der Waals surface area contributed by atoms with Gasteiger partial charge in [0.05, 0.1) is 11.6 Å². The molecule has 0 saturated heterocycles. The molecule has 0 spiro atoms. The number of hydrogen-bond acceptors (Lipinski definition) is 2. The number of nitrogens with zero attached hydrogens (tertiary/aromatic N) is 1. The van der Waals surface area contributed by atoms with E-state index in [9.17, 15) is 0 Å². The van der Waals surface area contributed by atoms with Crippen molar-refractivity contribution in [2.45, 2.75) is 13.5 Å². The average Bonchev–Trinajstić information content (AvgIpc) is 2.40. The van der Waals surface area contributed by atoms with Crippen LogP contribution in [0.3, 0.4) is 0 Å². The van der Waals surface area contributed by atoms with Gasteiger partial charge in [-0.2, -0.15) is 5.26 Å². The average molecular weight is 380 g/mol. The van der Waals surface area contributed by atoms with Gasteiger partial charge >= 0.3 is 0 Å². The first-order valence-electron chi connectivity index (χ1n) is 5.78. The second kappa shape index (κ2) is 6.23. The third kappa shape index (κ3) is 3.59. The molecule has 0 heterocycles. The number of hydrogen-bond donors (Lipinski definition) is 1. The third-order valence-corrected chi connectivity index (χ3v) is 4.05. The summed E-state index contributed by atoms with van der Waals surface area (Å²) in [5, 5.41) is 12.2. The van der Waals surface area contributed by atoms with Crippen molar-refractivity contribution in [3.63, 3.8) is 0 Å². The summed E-state index contributed by atoms with van der Waals surface area (Å²) >= 11 is 6.98. The molecular weight excluding hydrogens is 368 g/mol. The highest BCUT2D eigenvalue weighted by Crippen LogP contribution is 2.26. The lowest BCUT2D eigenvalue weighted by atomic mass is 10.1. The monoisotopic (exact) mass is 378 g/mol. The van der Waals surface area contributed by atoms with E-state index in [0.717, 1.165) is 26.7 Å². The second-order valence-electron chi connectivity index (χ2n) is 4.23. The van der Waals surface area contributed by atoms with E-state index in [1.807, 2.05) is 43.3 Å². The van der Waals surface area contributed by atoms with Crippen LogP contribution >= 0.6 is 31.9 Å². The highest BCUT2D eigenvalue weighted by Gasteiger charge is 2.03. The van der Waals surface area contributed by atoms with Crippen LogP contribution in [-0.4, -0.2) is 0 Å². The van der Waals surface area contributed by atoms with E-state index < -0.39 is 0 Å². The standard InChI is InChI=1S/C15H12Br2N2/c1-10-6-11(8-18)2-3-12(10)9-19-15-7-13(16)4-5-14(15)17/h2-7,19H,9H2,1H3. The Morgan fingerprint density at radius 2 is 1.95 bits per heavy atom. The minimum atomic E-state index is 0.699. The maximum absolute atomic E-state index is 8.85. The van der Waals surface area contributed by atoms with Crippen molar-refractivity contribution in [2.24, 2.45) is 0 Å². The smallest absolute Gasteiger partial charge is 0.0991 e. The molecule has 2 aromatic rings. The van der Waals surface area contributed by atoms with E-state index in [1.54, 1.807) is 0 Å². The van der Waals surface area contributed by atoms with Gasteiger partial charge in [-0.1, -0.05) is 22.0 Å². The summed E-state index contributed by atoms with van der Waals surface area (Å²) in [7, 11) is 0. The van der Waals surface area contributed by atoms with Crippen molar-refractivity contribution < 1.29 is 0 Å². The summed E-state index contributed by atoms with van der Waals surface area (Å²) in [6.45, 7) is 2.75. The first-order chi connectivity index (χ1) is 9.10. The number of halogens is 2. The maximum atomic E-state index is 8.85. The van der Waals surface area contributed by atoms with Crippen LogP contribution < -0.4 is 5.32 Å². The largest absolute Gasteiger partial charge is 0.380 e. The van der Waals surface area contributed by atoms with E-state index in [-0.39, 0.29) is 0 Å². The Balaban J connectivity index is 2.15. The molecule has 0 aromatic heterocycles. The summed E-state index contributed by atoms with van der Waals surface area (Å²) in [4.78, 5) is 0. The Labute approximate surface area is 129 Å². The van der Waals surface area contributed by atoms with Crippen LogP contribution in [0.25, 0.3) is 0 Å². The zero-order valence-corrected chi connectivity index (χ0v) is 13.5. The number of nitrogens with one attached hydrogen (secondary N) is 1. The molecule has 0 amide bonds. The lowest BCUT2D eigenvalue weighted by Crippen LogP contribution is -2.02. The Bertz CT molecular complexity index is 645. The minimum Gasteiger partial charge on any atom is -0.380 e. The molecule has 0 saturated carbocycles. The number of benzene rings is 2. The molecule has 2 aromatic carbocycles. The fourth-order valence-electron chi connectivity index (χ4n) is 1.79. The quantitative estimate of drug-likeness (QED) is 0.813. The van der Waals surface area contributed by atoms with Gasteiger partial charge in [-0.25, -0.2) is 0 Å². The van der Waals surface area contributed by atoms with Crippen LogP contribution in [0.4, 0.5) is 5.69 Å². The zero-order valence-electron chi connectivity index (χ0n) is 10.4. The Hall–Kier alpha value is -1.31. The first-order valence-corrected chi connectivity index (χ1v) is 7.37. The summed E-state index contributed by atoms with van der Waals surface area (Å²) in [6.07, 6.45) is 0. The molecule has 0 aliphatic rings. The molecule has 2 nitrogen and oxygen atoms in total. The molecule has 0 atom stereocenters. The SMILES string of the molecule is Cc1cc(C#N)ccc1CNc1cc(Br)ccc1Br. The van der Waals surface area contributed by atoms with Crippen molar-refractivity contribution in [1.82, 2.24) is 0 Å². The van der Waals surface area contributed by atoms with Crippen molar-refractivity contribution in [2.75, 3.05) is 5.32 Å². The van der Waals surface area contributed by atoms with E-state index in [1.165, 1.54) is 5.56 Å². The summed E-state index contributed by atoms with van der Waals surface area (Å²) < 4.78 is 2.07. The van der Waals surface area contributed by atoms with E-state index in [2.05, 4.69) is 43.2 Å². The molecule has 0 fully saturated rings. The molecule has 0 aliphatic heterocycles. The third-order valence-electron chi connectivity index (χ3n) is 2.87. The highest BCUT2D eigenvalue weighted by atomic mass is 79.9. The normalized spacial score (nSPS) is 10.0. The zero-order chi connectivity index (χ0) is 13.8. The Kier molecular flexibility index (Phi) is 4.62. The van der Waals surface area contributed by atoms with Gasteiger partial charge in [0.2, 0.25) is 0 Å². The summed E-state index contributed by atoms with van der Waals surface area (Å²) in [5.41, 5.74) is 4.05. The number of rotatable bonds is 3. The maximum Gasteiger partial charge on any atom is 0.0991 e. The van der Waals surface area contributed by atoms with Gasteiger partial charge < -0.3 is 5.32 Å².